The number of hydrogen-bond donors (Lipinski definition) is 0. The second kappa shape index (κ2) is 7.70. The summed E-state index contributed by atoms with van der Waals surface area (Å²) in [4.78, 5) is 20.5. The van der Waals surface area contributed by atoms with Gasteiger partial charge in [0, 0.05) is 26.7 Å². The molecule has 1 aliphatic heterocycles. The average molecular weight is 348 g/mol. The summed E-state index contributed by atoms with van der Waals surface area (Å²) in [6.07, 6.45) is 2.34. The number of carbonyl (C=O) groups is 1. The molecule has 3 heterocycles. The lowest BCUT2D eigenvalue weighted by molar-refractivity contribution is 0.0728. The summed E-state index contributed by atoms with van der Waals surface area (Å²) < 4.78 is 9.08. The van der Waals surface area contributed by atoms with Crippen LogP contribution in [0.1, 0.15) is 28.4 Å². The van der Waals surface area contributed by atoms with Crippen LogP contribution in [0.5, 0.6) is 0 Å². The number of fused-ring (bicyclic) bond motifs is 1. The van der Waals surface area contributed by atoms with E-state index in [-0.39, 0.29) is 11.7 Å². The number of rotatable bonds is 6. The van der Waals surface area contributed by atoms with E-state index in [9.17, 15) is 4.79 Å². The summed E-state index contributed by atoms with van der Waals surface area (Å²) >= 11 is 0. The van der Waals surface area contributed by atoms with Gasteiger partial charge in [0.05, 0.1) is 25.5 Å². The maximum atomic E-state index is 12.6. The van der Waals surface area contributed by atoms with Gasteiger partial charge >= 0.3 is 0 Å². The molecular weight excluding hydrogens is 324 g/mol. The molecule has 0 saturated carbocycles. The summed E-state index contributed by atoms with van der Waals surface area (Å²) in [7, 11) is 5.75. The van der Waals surface area contributed by atoms with E-state index in [2.05, 4.69) is 25.3 Å². The van der Waals surface area contributed by atoms with E-state index < -0.39 is 0 Å². The van der Waals surface area contributed by atoms with Crippen molar-refractivity contribution in [3.8, 4) is 0 Å². The Hall–Kier alpha value is -2.33. The molecule has 1 amide bonds. The Morgan fingerprint density at radius 2 is 2.20 bits per heavy atom. The van der Waals surface area contributed by atoms with Gasteiger partial charge in [-0.1, -0.05) is 5.21 Å². The molecule has 0 unspecified atom stereocenters. The van der Waals surface area contributed by atoms with Gasteiger partial charge in [-0.15, -0.1) is 10.2 Å². The van der Waals surface area contributed by atoms with Gasteiger partial charge in [-0.3, -0.25) is 9.48 Å². The minimum atomic E-state index is -0.172. The highest BCUT2D eigenvalue weighted by Gasteiger charge is 2.26. The average Bonchev–Trinajstić information content (AvgIpc) is 3.10. The first kappa shape index (κ1) is 17.5. The Kier molecular flexibility index (Phi) is 5.39. The van der Waals surface area contributed by atoms with Gasteiger partial charge in [-0.2, -0.15) is 0 Å². The maximum absolute atomic E-state index is 12.6. The lowest BCUT2D eigenvalue weighted by Gasteiger charge is -2.18. The Bertz CT molecular complexity index is 723. The highest BCUT2D eigenvalue weighted by Crippen LogP contribution is 2.16. The zero-order valence-electron chi connectivity index (χ0n) is 14.9. The molecule has 0 saturated heterocycles. The van der Waals surface area contributed by atoms with E-state index in [1.54, 1.807) is 11.9 Å². The summed E-state index contributed by atoms with van der Waals surface area (Å²) in [6, 6.07) is 0. The van der Waals surface area contributed by atoms with Crippen LogP contribution in [0.4, 0.5) is 0 Å². The fourth-order valence-corrected chi connectivity index (χ4v) is 2.67. The summed E-state index contributed by atoms with van der Waals surface area (Å²) in [6.45, 7) is 3.68. The monoisotopic (exact) mass is 348 g/mol. The molecule has 2 aromatic heterocycles. The van der Waals surface area contributed by atoms with Crippen molar-refractivity contribution >= 4 is 5.91 Å². The van der Waals surface area contributed by atoms with Crippen LogP contribution in [-0.2, 0) is 31.5 Å². The van der Waals surface area contributed by atoms with E-state index in [1.165, 1.54) is 11.0 Å². The van der Waals surface area contributed by atoms with Crippen LogP contribution in [0.15, 0.2) is 6.33 Å². The highest BCUT2D eigenvalue weighted by atomic mass is 16.5. The van der Waals surface area contributed by atoms with Crippen LogP contribution in [0.3, 0.4) is 0 Å². The zero-order chi connectivity index (χ0) is 17.8. The van der Waals surface area contributed by atoms with Gasteiger partial charge in [0.25, 0.3) is 5.91 Å². The van der Waals surface area contributed by atoms with Crippen LogP contribution in [0.25, 0.3) is 0 Å². The van der Waals surface area contributed by atoms with Crippen molar-refractivity contribution in [1.82, 2.24) is 39.6 Å². The molecule has 0 atom stereocenters. The molecule has 0 fully saturated rings. The molecule has 0 spiro atoms. The van der Waals surface area contributed by atoms with E-state index in [4.69, 9.17) is 4.74 Å². The molecule has 25 heavy (non-hydrogen) atoms. The van der Waals surface area contributed by atoms with Crippen LogP contribution in [0, 0.1) is 0 Å². The van der Waals surface area contributed by atoms with Crippen LogP contribution < -0.4 is 0 Å². The van der Waals surface area contributed by atoms with Gasteiger partial charge in [0.2, 0.25) is 5.82 Å². The predicted molar refractivity (Wildman–Crippen MR) is 88.6 cm³/mol. The van der Waals surface area contributed by atoms with Crippen molar-refractivity contribution in [1.29, 1.82) is 0 Å². The summed E-state index contributed by atoms with van der Waals surface area (Å²) in [5.41, 5.74) is 1.71. The Balaban J connectivity index is 1.68. The second-order valence-electron chi connectivity index (χ2n) is 6.38. The highest BCUT2D eigenvalue weighted by molar-refractivity contribution is 5.90. The standard InChI is InChI=1S/C15H24N8O2/c1-20(2)7-8-25-10-12-13-9-22(5-4-6-23(13)19-17-12)15(24)14-16-11-21(3)18-14/h11H,4-10H2,1-3H3. The third kappa shape index (κ3) is 4.20. The lowest BCUT2D eigenvalue weighted by atomic mass is 10.3. The van der Waals surface area contributed by atoms with Crippen LogP contribution in [-0.4, -0.2) is 79.3 Å². The van der Waals surface area contributed by atoms with Crippen molar-refractivity contribution in [2.75, 3.05) is 33.8 Å². The SMILES string of the molecule is CN(C)CCOCc1nnn2c1CN(C(=O)c1ncn(C)n1)CCC2. The Morgan fingerprint density at radius 3 is 2.92 bits per heavy atom. The number of ether oxygens (including phenoxy) is 1. The van der Waals surface area contributed by atoms with Crippen LogP contribution >= 0.6 is 0 Å². The third-order valence-corrected chi connectivity index (χ3v) is 4.06. The van der Waals surface area contributed by atoms with Gasteiger partial charge < -0.3 is 14.5 Å². The molecule has 1 aliphatic rings. The molecule has 3 rings (SSSR count). The minimum Gasteiger partial charge on any atom is -0.374 e. The predicted octanol–water partition coefficient (Wildman–Crippen LogP) is -0.469. The van der Waals surface area contributed by atoms with Crippen molar-refractivity contribution in [2.24, 2.45) is 7.05 Å². The molecule has 136 valence electrons. The Morgan fingerprint density at radius 1 is 1.36 bits per heavy atom. The molecule has 0 aliphatic carbocycles. The number of carbonyl (C=O) groups excluding carboxylic acids is 1. The number of aromatic nitrogens is 6. The Labute approximate surface area is 146 Å². The van der Waals surface area contributed by atoms with Crippen LogP contribution in [0.2, 0.25) is 0 Å². The molecule has 10 heteroatoms. The van der Waals surface area contributed by atoms with Crippen molar-refractivity contribution < 1.29 is 9.53 Å². The first-order valence-electron chi connectivity index (χ1n) is 8.33. The fraction of sp³-hybridized carbons (Fsp3) is 0.667. The topological polar surface area (TPSA) is 94.2 Å². The number of aryl methyl sites for hydroxylation is 2. The molecule has 0 radical (unpaired) electrons. The van der Waals surface area contributed by atoms with E-state index >= 15 is 0 Å². The summed E-state index contributed by atoms with van der Waals surface area (Å²) in [5.74, 6) is 0.0435. The molecular formula is C15H24N8O2. The first-order valence-corrected chi connectivity index (χ1v) is 8.33. The molecule has 0 bridgehead atoms. The number of likely N-dealkylation sites (N-methyl/N-ethyl adjacent to an activating group) is 1. The molecule has 0 aromatic carbocycles. The van der Waals surface area contributed by atoms with E-state index in [0.717, 1.165) is 30.9 Å². The normalized spacial score (nSPS) is 14.6. The minimum absolute atomic E-state index is 0.172. The van der Waals surface area contributed by atoms with Gasteiger partial charge in [-0.25, -0.2) is 9.67 Å². The lowest BCUT2D eigenvalue weighted by Crippen LogP contribution is -2.32. The van der Waals surface area contributed by atoms with Crippen molar-refractivity contribution in [3.63, 3.8) is 0 Å². The zero-order valence-corrected chi connectivity index (χ0v) is 14.9. The smallest absolute Gasteiger partial charge is 0.293 e. The van der Waals surface area contributed by atoms with Crippen molar-refractivity contribution in [2.45, 2.75) is 26.1 Å². The third-order valence-electron chi connectivity index (χ3n) is 4.06. The number of amides is 1. The number of nitrogens with zero attached hydrogens (tertiary/aromatic N) is 8. The quantitative estimate of drug-likeness (QED) is 0.652. The second-order valence-corrected chi connectivity index (χ2v) is 6.38. The van der Waals surface area contributed by atoms with Crippen molar-refractivity contribution in [3.05, 3.63) is 23.5 Å². The maximum Gasteiger partial charge on any atom is 0.293 e. The van der Waals surface area contributed by atoms with E-state index in [0.29, 0.717) is 26.3 Å². The molecule has 0 N–H and O–H groups in total. The van der Waals surface area contributed by atoms with Gasteiger partial charge in [0.1, 0.15) is 12.0 Å². The fourth-order valence-electron chi connectivity index (χ4n) is 2.67. The first-order chi connectivity index (χ1) is 12.0. The van der Waals surface area contributed by atoms with Gasteiger partial charge in [0.15, 0.2) is 0 Å². The molecule has 2 aromatic rings. The number of hydrogen-bond acceptors (Lipinski definition) is 7. The van der Waals surface area contributed by atoms with E-state index in [1.807, 2.05) is 18.8 Å². The molecule has 10 nitrogen and oxygen atoms in total. The summed E-state index contributed by atoms with van der Waals surface area (Å²) in [5, 5.41) is 12.5. The largest absolute Gasteiger partial charge is 0.374 e. The van der Waals surface area contributed by atoms with Gasteiger partial charge in [-0.05, 0) is 20.5 Å².